The predicted octanol–water partition coefficient (Wildman–Crippen LogP) is 3.00. The summed E-state index contributed by atoms with van der Waals surface area (Å²) in [6, 6.07) is 7.07. The van der Waals surface area contributed by atoms with Crippen molar-refractivity contribution < 1.29 is 22.6 Å². The Labute approximate surface area is 113 Å². The fourth-order valence-corrected chi connectivity index (χ4v) is 2.91. The minimum atomic E-state index is -4.41. The van der Waals surface area contributed by atoms with E-state index in [4.69, 9.17) is 9.47 Å². The highest BCUT2D eigenvalue weighted by molar-refractivity contribution is 5.40. The van der Waals surface area contributed by atoms with E-state index in [1.807, 2.05) is 0 Å². The molecule has 0 amide bonds. The highest BCUT2D eigenvalue weighted by Gasteiger charge is 2.60. The second-order valence-corrected chi connectivity index (χ2v) is 5.23. The van der Waals surface area contributed by atoms with Crippen LogP contribution in [0.25, 0.3) is 0 Å². The van der Waals surface area contributed by atoms with Gasteiger partial charge in [0.2, 0.25) is 0 Å². The lowest BCUT2D eigenvalue weighted by Gasteiger charge is -2.48. The van der Waals surface area contributed by atoms with Crippen LogP contribution in [0.2, 0.25) is 0 Å². The van der Waals surface area contributed by atoms with E-state index in [9.17, 15) is 18.4 Å². The summed E-state index contributed by atoms with van der Waals surface area (Å²) in [5, 5.41) is 9.38. The van der Waals surface area contributed by atoms with Crippen LogP contribution in [0.15, 0.2) is 24.3 Å². The average Bonchev–Trinajstić information content (AvgIpc) is 2.84. The van der Waals surface area contributed by atoms with Crippen LogP contribution in [0.3, 0.4) is 0 Å². The summed E-state index contributed by atoms with van der Waals surface area (Å²) in [5.74, 6) is -0.774. The molecule has 1 spiro atoms. The fourth-order valence-electron chi connectivity index (χ4n) is 2.91. The molecule has 0 unspecified atom stereocenters. The molecule has 3 rings (SSSR count). The van der Waals surface area contributed by atoms with Gasteiger partial charge in [0, 0.05) is 12.8 Å². The van der Waals surface area contributed by atoms with Gasteiger partial charge in [-0.3, -0.25) is 0 Å². The molecule has 6 heteroatoms. The Morgan fingerprint density at radius 3 is 2.35 bits per heavy atom. The average molecular weight is 283 g/mol. The minimum Gasteiger partial charge on any atom is -0.347 e. The number of nitrogens with zero attached hydrogens (tertiary/aromatic N) is 1. The van der Waals surface area contributed by atoms with Crippen LogP contribution in [0.4, 0.5) is 13.2 Å². The van der Waals surface area contributed by atoms with Gasteiger partial charge in [0.1, 0.15) is 0 Å². The smallest absolute Gasteiger partial charge is 0.347 e. The molecule has 2 fully saturated rings. The van der Waals surface area contributed by atoms with Gasteiger partial charge in [-0.1, -0.05) is 18.2 Å². The Kier molecular flexibility index (Phi) is 2.82. The van der Waals surface area contributed by atoms with Crippen molar-refractivity contribution in [1.29, 1.82) is 5.26 Å². The van der Waals surface area contributed by atoms with E-state index in [1.165, 1.54) is 6.07 Å². The third-order valence-corrected chi connectivity index (χ3v) is 3.91. The number of hydrogen-bond donors (Lipinski definition) is 0. The van der Waals surface area contributed by atoms with Gasteiger partial charge in [-0.25, -0.2) is 0 Å². The van der Waals surface area contributed by atoms with Crippen molar-refractivity contribution in [3.63, 3.8) is 0 Å². The molecule has 1 aliphatic heterocycles. The Bertz CT molecular complexity index is 563. The second-order valence-electron chi connectivity index (χ2n) is 5.23. The first-order valence-electron chi connectivity index (χ1n) is 6.26. The van der Waals surface area contributed by atoms with Crippen molar-refractivity contribution in [3.05, 3.63) is 35.4 Å². The third kappa shape index (κ3) is 1.98. The minimum absolute atomic E-state index is 0.276. The van der Waals surface area contributed by atoms with E-state index in [0.717, 1.165) is 12.1 Å². The van der Waals surface area contributed by atoms with E-state index in [1.54, 1.807) is 6.07 Å². The molecule has 1 saturated carbocycles. The lowest BCUT2D eigenvalue weighted by atomic mass is 9.61. The highest BCUT2D eigenvalue weighted by Crippen LogP contribution is 2.54. The summed E-state index contributed by atoms with van der Waals surface area (Å²) in [4.78, 5) is 0. The van der Waals surface area contributed by atoms with Gasteiger partial charge >= 0.3 is 6.18 Å². The normalized spacial score (nSPS) is 23.3. The summed E-state index contributed by atoms with van der Waals surface area (Å²) in [7, 11) is 0. The summed E-state index contributed by atoms with van der Waals surface area (Å²) in [6.07, 6.45) is -3.86. The molecule has 1 saturated heterocycles. The van der Waals surface area contributed by atoms with Gasteiger partial charge in [-0.2, -0.15) is 18.4 Å². The number of alkyl halides is 3. The summed E-state index contributed by atoms with van der Waals surface area (Å²) < 4.78 is 49.1. The Morgan fingerprint density at radius 2 is 1.80 bits per heavy atom. The van der Waals surface area contributed by atoms with Gasteiger partial charge in [0.25, 0.3) is 0 Å². The largest absolute Gasteiger partial charge is 0.416 e. The van der Waals surface area contributed by atoms with E-state index >= 15 is 0 Å². The highest BCUT2D eigenvalue weighted by atomic mass is 19.4. The van der Waals surface area contributed by atoms with Crippen LogP contribution in [0.5, 0.6) is 0 Å². The zero-order chi connectivity index (χ0) is 14.4. The lowest BCUT2D eigenvalue weighted by Crippen LogP contribution is -2.54. The molecule has 0 bridgehead atoms. The summed E-state index contributed by atoms with van der Waals surface area (Å²) in [5.41, 5.74) is -1.32. The molecule has 20 heavy (non-hydrogen) atoms. The molecule has 0 aromatic heterocycles. The van der Waals surface area contributed by atoms with Crippen molar-refractivity contribution in [2.45, 2.75) is 30.2 Å². The molecular formula is C14H12F3NO2. The molecule has 1 aromatic rings. The van der Waals surface area contributed by atoms with Crippen LogP contribution in [0.1, 0.15) is 24.0 Å². The topological polar surface area (TPSA) is 42.2 Å². The maximum absolute atomic E-state index is 12.7. The molecule has 1 aliphatic carbocycles. The number of hydrogen-bond acceptors (Lipinski definition) is 3. The quantitative estimate of drug-likeness (QED) is 0.795. The standard InChI is InChI=1S/C14H12F3NO2/c15-14(16,17)11-3-1-2-10(6-11)12(9-18)7-13(8-12)19-4-5-20-13/h1-3,6H,4-5,7-8H2. The first-order valence-corrected chi connectivity index (χ1v) is 6.26. The van der Waals surface area contributed by atoms with E-state index in [-0.39, 0.29) is 12.8 Å². The lowest BCUT2D eigenvalue weighted by molar-refractivity contribution is -0.229. The van der Waals surface area contributed by atoms with Crippen molar-refractivity contribution in [2.24, 2.45) is 0 Å². The SMILES string of the molecule is N#CC1(c2cccc(C(F)(F)F)c2)CC2(C1)OCCO2. The number of ether oxygens (including phenoxy) is 2. The van der Waals surface area contributed by atoms with Gasteiger partial charge in [-0.15, -0.1) is 0 Å². The number of benzene rings is 1. The van der Waals surface area contributed by atoms with E-state index in [0.29, 0.717) is 18.8 Å². The van der Waals surface area contributed by atoms with Crippen molar-refractivity contribution in [1.82, 2.24) is 0 Å². The van der Waals surface area contributed by atoms with Gasteiger partial charge < -0.3 is 9.47 Å². The van der Waals surface area contributed by atoms with E-state index < -0.39 is 22.9 Å². The maximum Gasteiger partial charge on any atom is 0.416 e. The first-order chi connectivity index (χ1) is 9.39. The fraction of sp³-hybridized carbons (Fsp3) is 0.500. The molecule has 2 aliphatic rings. The Morgan fingerprint density at radius 1 is 1.15 bits per heavy atom. The van der Waals surface area contributed by atoms with Crippen LogP contribution < -0.4 is 0 Å². The number of halogens is 3. The predicted molar refractivity (Wildman–Crippen MR) is 62.6 cm³/mol. The van der Waals surface area contributed by atoms with E-state index in [2.05, 4.69) is 6.07 Å². The van der Waals surface area contributed by atoms with Crippen LogP contribution >= 0.6 is 0 Å². The second kappa shape index (κ2) is 4.21. The molecule has 1 heterocycles. The molecular weight excluding hydrogens is 271 g/mol. The number of nitriles is 1. The molecule has 106 valence electrons. The molecule has 3 nitrogen and oxygen atoms in total. The van der Waals surface area contributed by atoms with Gasteiger partial charge in [-0.05, 0) is 11.6 Å². The molecule has 1 aromatic carbocycles. The van der Waals surface area contributed by atoms with Crippen molar-refractivity contribution in [2.75, 3.05) is 13.2 Å². The molecule has 0 radical (unpaired) electrons. The maximum atomic E-state index is 12.7. The zero-order valence-electron chi connectivity index (χ0n) is 10.5. The number of rotatable bonds is 1. The summed E-state index contributed by atoms with van der Waals surface area (Å²) in [6.45, 7) is 0.925. The van der Waals surface area contributed by atoms with Crippen molar-refractivity contribution in [3.8, 4) is 6.07 Å². The first kappa shape index (κ1) is 13.4. The zero-order valence-corrected chi connectivity index (χ0v) is 10.5. The van der Waals surface area contributed by atoms with Gasteiger partial charge in [0.15, 0.2) is 5.79 Å². The van der Waals surface area contributed by atoms with Crippen LogP contribution in [0, 0.1) is 11.3 Å². The summed E-state index contributed by atoms with van der Waals surface area (Å²) >= 11 is 0. The van der Waals surface area contributed by atoms with Crippen LogP contribution in [-0.4, -0.2) is 19.0 Å². The molecule has 0 atom stereocenters. The third-order valence-electron chi connectivity index (χ3n) is 3.91. The van der Waals surface area contributed by atoms with Crippen molar-refractivity contribution >= 4 is 0 Å². The monoisotopic (exact) mass is 283 g/mol. The Hall–Kier alpha value is -1.58. The molecule has 0 N–H and O–H groups in total. The Balaban J connectivity index is 1.90. The van der Waals surface area contributed by atoms with Crippen LogP contribution in [-0.2, 0) is 21.1 Å². The van der Waals surface area contributed by atoms with Gasteiger partial charge in [0.05, 0.1) is 30.3 Å².